The van der Waals surface area contributed by atoms with E-state index in [1.54, 1.807) is 0 Å². The number of hydrogen-bond donors (Lipinski definition) is 0. The van der Waals surface area contributed by atoms with Gasteiger partial charge in [0, 0.05) is 90.2 Å². The van der Waals surface area contributed by atoms with E-state index >= 15 is 0 Å². The highest BCUT2D eigenvalue weighted by molar-refractivity contribution is 7.00. The van der Waals surface area contributed by atoms with Crippen LogP contribution in [0.2, 0.25) is 0 Å². The highest BCUT2D eigenvalue weighted by Gasteiger charge is 2.43. The van der Waals surface area contributed by atoms with Crippen molar-refractivity contribution < 1.29 is 9.47 Å². The van der Waals surface area contributed by atoms with Gasteiger partial charge in [0.1, 0.15) is 23.0 Å². The Morgan fingerprint density at radius 3 is 1.05 bits per heavy atom. The van der Waals surface area contributed by atoms with Crippen molar-refractivity contribution in [2.24, 2.45) is 0 Å². The summed E-state index contributed by atoms with van der Waals surface area (Å²) in [5, 5.41) is 4.99. The third-order valence-electron chi connectivity index (χ3n) is 17.3. The summed E-state index contributed by atoms with van der Waals surface area (Å²) in [4.78, 5) is 4.66. The van der Waals surface area contributed by atoms with Crippen molar-refractivity contribution in [3.8, 4) is 34.4 Å². The van der Waals surface area contributed by atoms with Gasteiger partial charge in [-0.1, -0.05) is 131 Å². The molecule has 6 heterocycles. The summed E-state index contributed by atoms with van der Waals surface area (Å²) in [6.07, 6.45) is 0. The van der Waals surface area contributed by atoms with E-state index in [4.69, 9.17) is 9.47 Å². The minimum atomic E-state index is -0.0149. The molecular weight excluding hydrogens is 950 g/mol. The number of nitrogens with zero attached hydrogens (tertiary/aromatic N) is 4. The van der Waals surface area contributed by atoms with Crippen LogP contribution in [0.1, 0.15) is 22.3 Å². The largest absolute Gasteiger partial charge is 0.458 e. The molecule has 0 fully saturated rings. The van der Waals surface area contributed by atoms with Crippen molar-refractivity contribution >= 4 is 124 Å². The smallest absolute Gasteiger partial charge is 0.256 e. The van der Waals surface area contributed by atoms with E-state index in [1.807, 2.05) is 0 Å². The van der Waals surface area contributed by atoms with E-state index in [1.165, 1.54) is 98.6 Å². The van der Waals surface area contributed by atoms with Crippen molar-refractivity contribution in [2.45, 2.75) is 27.7 Å². The molecule has 366 valence electrons. The maximum Gasteiger partial charge on any atom is 0.256 e. The Balaban J connectivity index is 0.828. The first kappa shape index (κ1) is 43.6. The quantitative estimate of drug-likeness (QED) is 0.156. The summed E-state index contributed by atoms with van der Waals surface area (Å²) in [5.41, 5.74) is 25.9. The number of aryl methyl sites for hydroxylation is 4. The maximum absolute atomic E-state index is 7.10. The van der Waals surface area contributed by atoms with Crippen molar-refractivity contribution in [3.63, 3.8) is 0 Å². The summed E-state index contributed by atoms with van der Waals surface area (Å²) in [7, 11) is 0. The molecule has 0 unspecified atom stereocenters. The van der Waals surface area contributed by atoms with E-state index in [2.05, 4.69) is 265 Å². The summed E-state index contributed by atoms with van der Waals surface area (Å²) in [6, 6.07) is 80.8. The predicted molar refractivity (Wildman–Crippen MR) is 326 cm³/mol. The molecular formula is C70H48B2N4O2. The Bertz CT molecular complexity index is 4340. The normalized spacial score (nSPS) is 13.0. The lowest BCUT2D eigenvalue weighted by atomic mass is 9.34. The van der Waals surface area contributed by atoms with E-state index in [-0.39, 0.29) is 13.4 Å². The van der Waals surface area contributed by atoms with Gasteiger partial charge >= 0.3 is 0 Å². The van der Waals surface area contributed by atoms with E-state index in [9.17, 15) is 0 Å². The second kappa shape index (κ2) is 15.9. The van der Waals surface area contributed by atoms with Gasteiger partial charge in [-0.15, -0.1) is 0 Å². The van der Waals surface area contributed by atoms with Gasteiger partial charge in [0.2, 0.25) is 0 Å². The van der Waals surface area contributed by atoms with Crippen molar-refractivity contribution in [3.05, 3.63) is 241 Å². The van der Waals surface area contributed by atoms with Crippen LogP contribution in [0.5, 0.6) is 23.0 Å². The lowest BCUT2D eigenvalue weighted by Crippen LogP contribution is -2.58. The molecule has 17 rings (SSSR count). The van der Waals surface area contributed by atoms with Gasteiger partial charge in [0.25, 0.3) is 13.4 Å². The van der Waals surface area contributed by atoms with Crippen LogP contribution in [-0.4, -0.2) is 22.6 Å². The van der Waals surface area contributed by atoms with Crippen molar-refractivity contribution in [1.29, 1.82) is 0 Å². The number of hydrogen-bond acceptors (Lipinski definition) is 4. The number of ether oxygens (including phenoxy) is 2. The van der Waals surface area contributed by atoms with Crippen LogP contribution in [-0.2, 0) is 0 Å². The van der Waals surface area contributed by atoms with E-state index in [0.29, 0.717) is 0 Å². The average Bonchev–Trinajstić information content (AvgIpc) is 2.82. The molecule has 0 amide bonds. The summed E-state index contributed by atoms with van der Waals surface area (Å²) < 4.78 is 19.3. The van der Waals surface area contributed by atoms with Crippen LogP contribution in [0.15, 0.2) is 218 Å². The third-order valence-corrected chi connectivity index (χ3v) is 17.3. The zero-order valence-corrected chi connectivity index (χ0v) is 43.5. The maximum atomic E-state index is 7.10. The van der Waals surface area contributed by atoms with Gasteiger partial charge in [-0.25, -0.2) is 0 Å². The first-order valence-electron chi connectivity index (χ1n) is 27.1. The van der Waals surface area contributed by atoms with Gasteiger partial charge < -0.3 is 28.4 Å². The number of rotatable bonds is 6. The predicted octanol–water partition coefficient (Wildman–Crippen LogP) is 13.9. The topological polar surface area (TPSA) is 34.8 Å². The first-order valence-corrected chi connectivity index (χ1v) is 27.1. The van der Waals surface area contributed by atoms with Gasteiger partial charge in [0.05, 0.1) is 11.0 Å². The molecule has 8 heteroatoms. The number of benzene rings is 11. The monoisotopic (exact) mass is 998 g/mol. The summed E-state index contributed by atoms with van der Waals surface area (Å²) in [5.74, 6) is 3.55. The minimum absolute atomic E-state index is 0.0149. The molecule has 0 saturated heterocycles. The molecule has 2 aromatic heterocycles. The second-order valence-corrected chi connectivity index (χ2v) is 21.9. The molecule has 0 bridgehead atoms. The van der Waals surface area contributed by atoms with Crippen LogP contribution in [0, 0.1) is 27.7 Å². The zero-order valence-electron chi connectivity index (χ0n) is 43.5. The number of fused-ring (bicyclic) bond motifs is 14. The van der Waals surface area contributed by atoms with E-state index < -0.39 is 0 Å². The average molecular weight is 999 g/mol. The Labute approximate surface area is 452 Å². The minimum Gasteiger partial charge on any atom is -0.458 e. The third kappa shape index (κ3) is 6.05. The Morgan fingerprint density at radius 2 is 0.667 bits per heavy atom. The molecule has 0 atom stereocenters. The molecule has 0 aliphatic carbocycles. The van der Waals surface area contributed by atoms with Crippen LogP contribution in [0.3, 0.4) is 0 Å². The summed E-state index contributed by atoms with van der Waals surface area (Å²) in [6.45, 7) is 8.52. The number of para-hydroxylation sites is 2. The van der Waals surface area contributed by atoms with Crippen LogP contribution < -0.4 is 52.1 Å². The van der Waals surface area contributed by atoms with Crippen LogP contribution >= 0.6 is 0 Å². The molecule has 4 aliphatic heterocycles. The fourth-order valence-corrected chi connectivity index (χ4v) is 13.7. The molecule has 0 saturated carbocycles. The summed E-state index contributed by atoms with van der Waals surface area (Å²) >= 11 is 0. The molecule has 0 N–H and O–H groups in total. The SMILES string of the molecule is Cc1ccc(N(c2ccc(C)cc2)c2ccc3c(c2)Oc2cccc4c2B3c2cccc3c5cc6c7cccc8c7n(c6cc5n-4c23)-c2cccc3c2B8c2ccc(N(c4ccc(C)cc4)c4ccc(C)cc4)cc2O3)cc1. The zero-order chi connectivity index (χ0) is 51.7. The fraction of sp³-hybridized carbons (Fsp3) is 0.0571. The van der Waals surface area contributed by atoms with Gasteiger partial charge in [0.15, 0.2) is 0 Å². The Morgan fingerprint density at radius 1 is 0.308 bits per heavy atom. The van der Waals surface area contributed by atoms with Gasteiger partial charge in [-0.2, -0.15) is 0 Å². The van der Waals surface area contributed by atoms with Crippen LogP contribution in [0.25, 0.3) is 55.0 Å². The fourth-order valence-electron chi connectivity index (χ4n) is 13.7. The number of aromatic nitrogens is 2. The second-order valence-electron chi connectivity index (χ2n) is 21.9. The molecule has 13 aromatic rings. The molecule has 78 heavy (non-hydrogen) atoms. The highest BCUT2D eigenvalue weighted by Crippen LogP contribution is 2.45. The molecule has 0 radical (unpaired) electrons. The molecule has 6 nitrogen and oxygen atoms in total. The molecule has 11 aromatic carbocycles. The standard InChI is InChI=1S/C70H48B2N4O2/c1-41-17-25-45(26-18-41)73(46-27-19-42(2)20-28-46)49-33-35-55-65(37-49)77-63-15-7-13-59-67(63)71(55)57-11-5-9-51-53-39-54-52-10-6-12-58-70(52)76(62(54)40-61(53)75(59)69(51)57)60-14-8-16-64-68(60)72(58)56-36-34-50(38-66(56)78-64)74(47-29-21-43(3)22-30-47)48-31-23-44(4)24-32-48/h5-40H,1-4H3. The van der Waals surface area contributed by atoms with Crippen molar-refractivity contribution in [1.82, 2.24) is 9.13 Å². The van der Waals surface area contributed by atoms with Crippen LogP contribution in [0.4, 0.5) is 34.1 Å². The molecule has 4 aliphatic rings. The molecule has 0 spiro atoms. The van der Waals surface area contributed by atoms with Gasteiger partial charge in [-0.05, 0) is 158 Å². The Kier molecular flexibility index (Phi) is 8.91. The highest BCUT2D eigenvalue weighted by atomic mass is 16.5. The number of anilines is 6. The Hall–Kier alpha value is -9.65. The lowest BCUT2D eigenvalue weighted by Gasteiger charge is -2.34. The van der Waals surface area contributed by atoms with Gasteiger partial charge in [-0.3, -0.25) is 0 Å². The van der Waals surface area contributed by atoms with E-state index in [0.717, 1.165) is 68.5 Å². The lowest BCUT2D eigenvalue weighted by molar-refractivity contribution is 0.487. The first-order chi connectivity index (χ1) is 38.3. The van der Waals surface area contributed by atoms with Crippen molar-refractivity contribution in [2.75, 3.05) is 9.80 Å².